The smallest absolute Gasteiger partial charge is 0.246 e. The van der Waals surface area contributed by atoms with Crippen molar-refractivity contribution in [1.82, 2.24) is 9.80 Å². The van der Waals surface area contributed by atoms with Crippen molar-refractivity contribution in [3.8, 4) is 0 Å². The van der Waals surface area contributed by atoms with Crippen LogP contribution in [0.2, 0.25) is 0 Å². The summed E-state index contributed by atoms with van der Waals surface area (Å²) in [5, 5.41) is 0. The van der Waals surface area contributed by atoms with E-state index in [0.717, 1.165) is 12.0 Å². The van der Waals surface area contributed by atoms with E-state index in [9.17, 15) is 9.59 Å². The van der Waals surface area contributed by atoms with Gasteiger partial charge >= 0.3 is 0 Å². The quantitative estimate of drug-likeness (QED) is 0.851. The van der Waals surface area contributed by atoms with Crippen LogP contribution in [0, 0.1) is 0 Å². The fraction of sp³-hybridized carbons (Fsp3) is 0.556. The minimum absolute atomic E-state index is 0.0790. The van der Waals surface area contributed by atoms with Gasteiger partial charge in [0.05, 0.1) is 4.87 Å². The monoisotopic (exact) mass is 332 g/mol. The molecular weight excluding hydrogens is 308 g/mol. The average molecular weight is 332 g/mol. The maximum Gasteiger partial charge on any atom is 0.246 e. The van der Waals surface area contributed by atoms with Crippen molar-refractivity contribution in [3.63, 3.8) is 0 Å². The van der Waals surface area contributed by atoms with Crippen LogP contribution >= 0.6 is 11.8 Å². The maximum atomic E-state index is 13.1. The predicted octanol–water partition coefficient (Wildman–Crippen LogP) is 2.88. The lowest BCUT2D eigenvalue weighted by atomic mass is 10.1. The van der Waals surface area contributed by atoms with Gasteiger partial charge in [0.1, 0.15) is 6.04 Å². The summed E-state index contributed by atoms with van der Waals surface area (Å²) in [6.07, 6.45) is 1.41. The first kappa shape index (κ1) is 16.4. The van der Waals surface area contributed by atoms with Crippen LogP contribution in [0.25, 0.3) is 0 Å². The van der Waals surface area contributed by atoms with Crippen molar-refractivity contribution < 1.29 is 9.59 Å². The topological polar surface area (TPSA) is 40.6 Å². The summed E-state index contributed by atoms with van der Waals surface area (Å²) in [4.78, 5) is 29.0. The van der Waals surface area contributed by atoms with Gasteiger partial charge in [0.15, 0.2) is 0 Å². The predicted molar refractivity (Wildman–Crippen MR) is 92.9 cm³/mol. The number of benzene rings is 1. The highest BCUT2D eigenvalue weighted by molar-refractivity contribution is 8.01. The van der Waals surface area contributed by atoms with Crippen LogP contribution in [0.5, 0.6) is 0 Å². The molecule has 2 heterocycles. The normalized spacial score (nSPS) is 26.7. The molecule has 3 rings (SSSR count). The van der Waals surface area contributed by atoms with Gasteiger partial charge in [0, 0.05) is 24.8 Å². The summed E-state index contributed by atoms with van der Waals surface area (Å²) in [5.41, 5.74) is 1.12. The van der Waals surface area contributed by atoms with Gasteiger partial charge in [-0.25, -0.2) is 0 Å². The molecule has 2 aliphatic heterocycles. The van der Waals surface area contributed by atoms with E-state index < -0.39 is 0 Å². The summed E-state index contributed by atoms with van der Waals surface area (Å²) in [6.45, 7) is 6.76. The molecule has 2 saturated heterocycles. The molecule has 124 valence electrons. The van der Waals surface area contributed by atoms with Gasteiger partial charge < -0.3 is 9.80 Å². The largest absolute Gasteiger partial charge is 0.334 e. The van der Waals surface area contributed by atoms with Gasteiger partial charge in [-0.2, -0.15) is 0 Å². The third-order valence-corrected chi connectivity index (χ3v) is 6.34. The van der Waals surface area contributed by atoms with Crippen LogP contribution in [-0.4, -0.2) is 44.3 Å². The van der Waals surface area contributed by atoms with Crippen molar-refractivity contribution in [3.05, 3.63) is 35.9 Å². The summed E-state index contributed by atoms with van der Waals surface area (Å²) in [7, 11) is 0. The molecule has 2 atom stereocenters. The minimum atomic E-state index is -0.314. The van der Waals surface area contributed by atoms with E-state index in [2.05, 4.69) is 6.92 Å². The number of thioether (sulfide) groups is 1. The lowest BCUT2D eigenvalue weighted by molar-refractivity contribution is -0.145. The molecule has 23 heavy (non-hydrogen) atoms. The van der Waals surface area contributed by atoms with Gasteiger partial charge in [-0.3, -0.25) is 9.59 Å². The Morgan fingerprint density at radius 2 is 2.09 bits per heavy atom. The number of nitrogens with zero attached hydrogens (tertiary/aromatic N) is 2. The van der Waals surface area contributed by atoms with E-state index in [-0.39, 0.29) is 28.8 Å². The lowest BCUT2D eigenvalue weighted by Gasteiger charge is -2.35. The molecule has 0 spiro atoms. The van der Waals surface area contributed by atoms with E-state index in [4.69, 9.17) is 0 Å². The molecule has 1 aromatic rings. The third kappa shape index (κ3) is 2.99. The maximum absolute atomic E-state index is 13.1. The zero-order chi connectivity index (χ0) is 16.6. The number of amides is 2. The second-order valence-electron chi connectivity index (χ2n) is 6.81. The first-order valence-electron chi connectivity index (χ1n) is 8.23. The van der Waals surface area contributed by atoms with Crippen molar-refractivity contribution >= 4 is 23.6 Å². The first-order valence-corrected chi connectivity index (χ1v) is 9.21. The SMILES string of the molecule is CC(C)N(Cc1ccccc1)C(=O)C1CSC2(C)CCC(=O)N12. The van der Waals surface area contributed by atoms with E-state index in [1.54, 1.807) is 11.8 Å². The fourth-order valence-corrected chi connectivity index (χ4v) is 4.91. The first-order chi connectivity index (χ1) is 10.9. The Morgan fingerprint density at radius 3 is 2.74 bits per heavy atom. The molecule has 0 N–H and O–H groups in total. The molecule has 0 aliphatic carbocycles. The molecular formula is C18H24N2O2S. The molecule has 0 saturated carbocycles. The molecule has 1 aromatic carbocycles. The molecule has 0 bridgehead atoms. The highest BCUT2D eigenvalue weighted by atomic mass is 32.2. The Labute approximate surface area is 142 Å². The standard InChI is InChI=1S/C18H24N2O2S/c1-13(2)19(11-14-7-5-4-6-8-14)17(22)15-12-23-18(3)10-9-16(21)20(15)18/h4-8,13,15H,9-12H2,1-3H3. The van der Waals surface area contributed by atoms with Crippen LogP contribution in [0.1, 0.15) is 39.2 Å². The van der Waals surface area contributed by atoms with Gasteiger partial charge in [0.25, 0.3) is 0 Å². The second kappa shape index (κ2) is 6.19. The third-order valence-electron chi connectivity index (χ3n) is 4.83. The molecule has 0 aromatic heterocycles. The minimum Gasteiger partial charge on any atom is -0.334 e. The number of hydrogen-bond donors (Lipinski definition) is 0. The Kier molecular flexibility index (Phi) is 4.41. The number of fused-ring (bicyclic) bond motifs is 1. The molecule has 2 unspecified atom stereocenters. The van der Waals surface area contributed by atoms with Crippen LogP contribution < -0.4 is 0 Å². The Balaban J connectivity index is 1.80. The zero-order valence-corrected chi connectivity index (χ0v) is 14.8. The molecule has 4 nitrogen and oxygen atoms in total. The summed E-state index contributed by atoms with van der Waals surface area (Å²) < 4.78 is 0. The van der Waals surface area contributed by atoms with Crippen LogP contribution in [-0.2, 0) is 16.1 Å². The van der Waals surface area contributed by atoms with Gasteiger partial charge in [-0.1, -0.05) is 30.3 Å². The van der Waals surface area contributed by atoms with Gasteiger partial charge in [-0.15, -0.1) is 11.8 Å². The van der Waals surface area contributed by atoms with Gasteiger partial charge in [0.2, 0.25) is 11.8 Å². The van der Waals surface area contributed by atoms with E-state index >= 15 is 0 Å². The van der Waals surface area contributed by atoms with E-state index in [0.29, 0.717) is 18.7 Å². The Bertz CT molecular complexity index is 604. The van der Waals surface area contributed by atoms with E-state index in [1.165, 1.54) is 0 Å². The van der Waals surface area contributed by atoms with Crippen molar-refractivity contribution in [2.24, 2.45) is 0 Å². The zero-order valence-electron chi connectivity index (χ0n) is 14.0. The molecule has 5 heteroatoms. The van der Waals surface area contributed by atoms with Crippen molar-refractivity contribution in [2.75, 3.05) is 5.75 Å². The Hall–Kier alpha value is -1.49. The van der Waals surface area contributed by atoms with Crippen molar-refractivity contribution in [1.29, 1.82) is 0 Å². The number of hydrogen-bond acceptors (Lipinski definition) is 3. The number of carbonyl (C=O) groups excluding carboxylic acids is 2. The molecule has 2 amide bonds. The average Bonchev–Trinajstić information content (AvgIpc) is 3.02. The second-order valence-corrected chi connectivity index (χ2v) is 8.31. The highest BCUT2D eigenvalue weighted by Gasteiger charge is 2.53. The Morgan fingerprint density at radius 1 is 1.39 bits per heavy atom. The van der Waals surface area contributed by atoms with E-state index in [1.807, 2.05) is 54.0 Å². The lowest BCUT2D eigenvalue weighted by Crippen LogP contribution is -2.52. The molecule has 2 fully saturated rings. The number of rotatable bonds is 4. The highest BCUT2D eigenvalue weighted by Crippen LogP contribution is 2.47. The van der Waals surface area contributed by atoms with Crippen LogP contribution in [0.3, 0.4) is 0 Å². The fourth-order valence-electron chi connectivity index (χ4n) is 3.49. The van der Waals surface area contributed by atoms with Crippen LogP contribution in [0.4, 0.5) is 0 Å². The van der Waals surface area contributed by atoms with Crippen molar-refractivity contribution in [2.45, 2.75) is 57.1 Å². The number of carbonyl (C=O) groups is 2. The summed E-state index contributed by atoms with van der Waals surface area (Å²) >= 11 is 1.75. The molecule has 2 aliphatic rings. The van der Waals surface area contributed by atoms with Crippen LogP contribution in [0.15, 0.2) is 30.3 Å². The van der Waals surface area contributed by atoms with Gasteiger partial charge in [-0.05, 0) is 32.8 Å². The summed E-state index contributed by atoms with van der Waals surface area (Å²) in [5.74, 6) is 0.911. The summed E-state index contributed by atoms with van der Waals surface area (Å²) in [6, 6.07) is 9.83. The molecule has 0 radical (unpaired) electrons.